The molecular weight excluding hydrogens is 258 g/mol. The van der Waals surface area contributed by atoms with E-state index in [1.165, 1.54) is 0 Å². The van der Waals surface area contributed by atoms with Crippen LogP contribution in [0.1, 0.15) is 30.6 Å². The number of halogens is 1. The van der Waals surface area contributed by atoms with Crippen molar-refractivity contribution in [2.75, 3.05) is 5.32 Å². The molecule has 0 aliphatic heterocycles. The van der Waals surface area contributed by atoms with E-state index in [2.05, 4.69) is 28.2 Å². The fourth-order valence-electron chi connectivity index (χ4n) is 1.19. The Morgan fingerprint density at radius 3 is 2.80 bits per heavy atom. The van der Waals surface area contributed by atoms with E-state index in [-0.39, 0.29) is 6.04 Å². The van der Waals surface area contributed by atoms with Gasteiger partial charge < -0.3 is 10.4 Å². The predicted molar refractivity (Wildman–Crippen MR) is 64.5 cm³/mol. The van der Waals surface area contributed by atoms with Crippen molar-refractivity contribution in [2.45, 2.75) is 26.3 Å². The van der Waals surface area contributed by atoms with Crippen molar-refractivity contribution in [3.05, 3.63) is 28.2 Å². The molecule has 0 amide bonds. The molecule has 0 aliphatic carbocycles. The molecule has 1 aromatic rings. The summed E-state index contributed by atoms with van der Waals surface area (Å²) in [5.41, 5.74) is 0.963. The molecule has 0 spiro atoms. The summed E-state index contributed by atoms with van der Waals surface area (Å²) in [6.45, 7) is 4.07. The number of carbonyl (C=O) groups is 1. The minimum Gasteiger partial charge on any atom is -0.478 e. The van der Waals surface area contributed by atoms with Crippen LogP contribution in [0.3, 0.4) is 0 Å². The second kappa shape index (κ2) is 5.16. The maximum absolute atomic E-state index is 11.0. The van der Waals surface area contributed by atoms with Gasteiger partial charge in [-0.25, -0.2) is 4.79 Å². The Kier molecular flexibility index (Phi) is 4.15. The van der Waals surface area contributed by atoms with Crippen LogP contribution in [-0.2, 0) is 0 Å². The van der Waals surface area contributed by atoms with Crippen LogP contribution in [0, 0.1) is 0 Å². The fraction of sp³-hybridized carbons (Fsp3) is 0.364. The summed E-state index contributed by atoms with van der Waals surface area (Å²) in [4.78, 5) is 11.0. The normalized spacial score (nSPS) is 12.2. The van der Waals surface area contributed by atoms with Crippen molar-refractivity contribution in [2.24, 2.45) is 0 Å². The zero-order valence-corrected chi connectivity index (χ0v) is 10.3. The van der Waals surface area contributed by atoms with E-state index in [1.807, 2.05) is 13.0 Å². The van der Waals surface area contributed by atoms with Gasteiger partial charge in [-0.05, 0) is 31.5 Å². The molecule has 0 bridgehead atoms. The molecule has 0 aliphatic rings. The molecule has 15 heavy (non-hydrogen) atoms. The highest BCUT2D eigenvalue weighted by Gasteiger charge is 2.11. The molecule has 4 heteroatoms. The molecule has 0 saturated heterocycles. The van der Waals surface area contributed by atoms with E-state index in [1.54, 1.807) is 12.1 Å². The van der Waals surface area contributed by atoms with Crippen LogP contribution in [0.4, 0.5) is 5.69 Å². The first-order valence-corrected chi connectivity index (χ1v) is 5.63. The molecule has 0 saturated carbocycles. The van der Waals surface area contributed by atoms with Crippen molar-refractivity contribution < 1.29 is 9.90 Å². The van der Waals surface area contributed by atoms with Crippen molar-refractivity contribution in [3.8, 4) is 0 Å². The Balaban J connectivity index is 3.01. The molecule has 0 heterocycles. The maximum atomic E-state index is 11.0. The molecule has 1 rings (SSSR count). The average molecular weight is 272 g/mol. The van der Waals surface area contributed by atoms with Gasteiger partial charge in [-0.15, -0.1) is 0 Å². The Morgan fingerprint density at radius 2 is 2.27 bits per heavy atom. The van der Waals surface area contributed by atoms with Crippen molar-refractivity contribution in [1.82, 2.24) is 0 Å². The van der Waals surface area contributed by atoms with Crippen LogP contribution < -0.4 is 5.32 Å². The van der Waals surface area contributed by atoms with Gasteiger partial charge in [0.25, 0.3) is 0 Å². The zero-order valence-electron chi connectivity index (χ0n) is 8.75. The monoisotopic (exact) mass is 271 g/mol. The van der Waals surface area contributed by atoms with Crippen LogP contribution in [0.2, 0.25) is 0 Å². The summed E-state index contributed by atoms with van der Waals surface area (Å²) in [6, 6.07) is 5.48. The Morgan fingerprint density at radius 1 is 1.60 bits per heavy atom. The van der Waals surface area contributed by atoms with Crippen LogP contribution in [0.25, 0.3) is 0 Å². The van der Waals surface area contributed by atoms with Gasteiger partial charge in [0.1, 0.15) is 0 Å². The third-order valence-corrected chi connectivity index (χ3v) is 2.72. The number of anilines is 1. The van der Waals surface area contributed by atoms with Gasteiger partial charge in [-0.2, -0.15) is 0 Å². The van der Waals surface area contributed by atoms with E-state index < -0.39 is 5.97 Å². The lowest BCUT2D eigenvalue weighted by molar-refractivity contribution is 0.0698. The highest BCUT2D eigenvalue weighted by Crippen LogP contribution is 2.22. The number of hydrogen-bond acceptors (Lipinski definition) is 2. The van der Waals surface area contributed by atoms with Crippen LogP contribution >= 0.6 is 15.9 Å². The first-order valence-electron chi connectivity index (χ1n) is 4.84. The molecule has 1 aromatic carbocycles. The Labute approximate surface area is 97.6 Å². The third-order valence-electron chi connectivity index (χ3n) is 2.23. The van der Waals surface area contributed by atoms with Crippen LogP contribution in [0.15, 0.2) is 22.7 Å². The lowest BCUT2D eigenvalue weighted by Gasteiger charge is -2.15. The molecule has 1 unspecified atom stereocenters. The number of carboxylic acid groups (broad SMARTS) is 1. The van der Waals surface area contributed by atoms with Crippen molar-refractivity contribution >= 4 is 27.6 Å². The highest BCUT2D eigenvalue weighted by atomic mass is 79.9. The van der Waals surface area contributed by atoms with Gasteiger partial charge in [-0.3, -0.25) is 0 Å². The maximum Gasteiger partial charge on any atom is 0.337 e. The summed E-state index contributed by atoms with van der Waals surface area (Å²) in [6.07, 6.45) is 0.953. The van der Waals surface area contributed by atoms with Gasteiger partial charge >= 0.3 is 5.97 Å². The number of carboxylic acids is 1. The molecule has 0 aromatic heterocycles. The Bertz CT molecular complexity index is 366. The van der Waals surface area contributed by atoms with E-state index in [0.717, 1.165) is 10.9 Å². The largest absolute Gasteiger partial charge is 0.478 e. The number of nitrogens with one attached hydrogen (secondary N) is 1. The van der Waals surface area contributed by atoms with Gasteiger partial charge in [-0.1, -0.05) is 22.9 Å². The smallest absolute Gasteiger partial charge is 0.337 e. The molecule has 82 valence electrons. The second-order valence-corrected chi connectivity index (χ2v) is 4.36. The highest BCUT2D eigenvalue weighted by molar-refractivity contribution is 9.10. The summed E-state index contributed by atoms with van der Waals surface area (Å²) < 4.78 is 0.773. The molecular formula is C11H14BrNO2. The quantitative estimate of drug-likeness (QED) is 0.883. The lowest BCUT2D eigenvalue weighted by Crippen LogP contribution is -2.16. The van der Waals surface area contributed by atoms with Gasteiger partial charge in [0.15, 0.2) is 0 Å². The zero-order chi connectivity index (χ0) is 11.4. The minimum absolute atomic E-state index is 0.268. The summed E-state index contributed by atoms with van der Waals surface area (Å²) in [5, 5.41) is 12.2. The standard InChI is InChI=1S/C11H14BrNO2/c1-3-7(2)13-10-5-4-8(12)6-9(10)11(14)15/h4-7,13H,3H2,1-2H3,(H,14,15). The van der Waals surface area contributed by atoms with E-state index in [4.69, 9.17) is 5.11 Å². The summed E-state index contributed by atoms with van der Waals surface area (Å²) >= 11 is 3.26. The molecule has 3 nitrogen and oxygen atoms in total. The number of rotatable bonds is 4. The third kappa shape index (κ3) is 3.23. The van der Waals surface area contributed by atoms with E-state index in [9.17, 15) is 4.79 Å². The Hall–Kier alpha value is -1.03. The van der Waals surface area contributed by atoms with E-state index in [0.29, 0.717) is 11.3 Å². The average Bonchev–Trinajstić information content (AvgIpc) is 2.20. The van der Waals surface area contributed by atoms with Gasteiger partial charge in [0.05, 0.1) is 5.56 Å². The fourth-order valence-corrected chi connectivity index (χ4v) is 1.55. The topological polar surface area (TPSA) is 49.3 Å². The number of hydrogen-bond donors (Lipinski definition) is 2. The van der Waals surface area contributed by atoms with Crippen molar-refractivity contribution in [3.63, 3.8) is 0 Å². The number of aromatic carboxylic acids is 1. The van der Waals surface area contributed by atoms with E-state index >= 15 is 0 Å². The van der Waals surface area contributed by atoms with Gasteiger partial charge in [0.2, 0.25) is 0 Å². The van der Waals surface area contributed by atoms with Crippen LogP contribution in [0.5, 0.6) is 0 Å². The minimum atomic E-state index is -0.915. The summed E-state index contributed by atoms with van der Waals surface area (Å²) in [5.74, 6) is -0.915. The van der Waals surface area contributed by atoms with Crippen LogP contribution in [-0.4, -0.2) is 17.1 Å². The molecule has 0 radical (unpaired) electrons. The first-order chi connectivity index (χ1) is 7.04. The van der Waals surface area contributed by atoms with Gasteiger partial charge in [0, 0.05) is 16.2 Å². The summed E-state index contributed by atoms with van der Waals surface area (Å²) in [7, 11) is 0. The molecule has 1 atom stereocenters. The molecule has 0 fully saturated rings. The number of benzene rings is 1. The lowest BCUT2D eigenvalue weighted by atomic mass is 10.1. The molecule has 2 N–H and O–H groups in total. The SMILES string of the molecule is CCC(C)Nc1ccc(Br)cc1C(=O)O. The first kappa shape index (κ1) is 12.0. The second-order valence-electron chi connectivity index (χ2n) is 3.45. The van der Waals surface area contributed by atoms with Crippen molar-refractivity contribution in [1.29, 1.82) is 0 Å². The predicted octanol–water partition coefficient (Wildman–Crippen LogP) is 3.36.